The van der Waals surface area contributed by atoms with Crippen LogP contribution in [-0.4, -0.2) is 45.2 Å². The fourth-order valence-electron chi connectivity index (χ4n) is 4.02. The van der Waals surface area contributed by atoms with Gasteiger partial charge in [-0.25, -0.2) is 14.6 Å². The molecule has 0 aliphatic heterocycles. The molecule has 4 heterocycles. The predicted molar refractivity (Wildman–Crippen MR) is 136 cm³/mol. The van der Waals surface area contributed by atoms with Crippen molar-refractivity contribution in [2.45, 2.75) is 33.5 Å². The van der Waals surface area contributed by atoms with Gasteiger partial charge in [0.15, 0.2) is 11.4 Å². The summed E-state index contributed by atoms with van der Waals surface area (Å²) in [7, 11) is 1.64. The predicted octanol–water partition coefficient (Wildman–Crippen LogP) is 4.50. The van der Waals surface area contributed by atoms with Gasteiger partial charge in [0.1, 0.15) is 0 Å². The average molecular weight is 536 g/mol. The largest absolute Gasteiger partial charge is 0.433 e. The van der Waals surface area contributed by atoms with Gasteiger partial charge in [-0.2, -0.15) is 28.5 Å². The number of nitrogens with one attached hydrogen (secondary N) is 1. The normalized spacial score (nSPS) is 11.7. The van der Waals surface area contributed by atoms with Gasteiger partial charge in [0.05, 0.1) is 35.5 Å². The highest BCUT2D eigenvalue weighted by Gasteiger charge is 2.34. The van der Waals surface area contributed by atoms with Gasteiger partial charge in [0.2, 0.25) is 0 Å². The highest BCUT2D eigenvalue weighted by molar-refractivity contribution is 6.03. The van der Waals surface area contributed by atoms with Crippen LogP contribution in [0.1, 0.15) is 38.7 Å². The summed E-state index contributed by atoms with van der Waals surface area (Å²) in [5, 5.41) is 15.5. The van der Waals surface area contributed by atoms with E-state index in [4.69, 9.17) is 0 Å². The van der Waals surface area contributed by atoms with Crippen LogP contribution < -0.4 is 5.32 Å². The minimum atomic E-state index is -4.71. The average Bonchev–Trinajstić information content (AvgIpc) is 3.61. The van der Waals surface area contributed by atoms with Crippen LogP contribution in [0.25, 0.3) is 17.2 Å². The Morgan fingerprint density at radius 1 is 1.03 bits per heavy atom. The van der Waals surface area contributed by atoms with Gasteiger partial charge in [-0.3, -0.25) is 14.2 Å². The van der Waals surface area contributed by atoms with Crippen LogP contribution in [0.3, 0.4) is 0 Å². The van der Waals surface area contributed by atoms with E-state index < -0.39 is 17.8 Å². The van der Waals surface area contributed by atoms with Crippen LogP contribution in [0.15, 0.2) is 55.0 Å². The molecule has 0 saturated carbocycles. The van der Waals surface area contributed by atoms with Crippen LogP contribution in [0.2, 0.25) is 0 Å². The minimum Gasteiger partial charge on any atom is -0.317 e. The molecule has 0 atom stereocenters. The number of carbonyl (C=O) groups is 1. The molecule has 1 amide bonds. The van der Waals surface area contributed by atoms with Crippen LogP contribution in [0.5, 0.6) is 0 Å². The summed E-state index contributed by atoms with van der Waals surface area (Å²) in [5.41, 5.74) is 3.37. The van der Waals surface area contributed by atoms with E-state index in [1.54, 1.807) is 18.7 Å². The molecule has 0 aliphatic rings. The zero-order valence-corrected chi connectivity index (χ0v) is 21.5. The van der Waals surface area contributed by atoms with E-state index in [9.17, 15) is 18.0 Å². The summed E-state index contributed by atoms with van der Waals surface area (Å²) in [6, 6.07) is 10.3. The summed E-state index contributed by atoms with van der Waals surface area (Å²) in [6.07, 6.45) is -0.441. The third kappa shape index (κ3) is 5.42. The zero-order chi connectivity index (χ0) is 27.9. The molecule has 5 aromatic rings. The zero-order valence-electron chi connectivity index (χ0n) is 21.5. The first-order valence-corrected chi connectivity index (χ1v) is 11.9. The Labute approximate surface area is 221 Å². The summed E-state index contributed by atoms with van der Waals surface area (Å²) in [4.78, 5) is 20.9. The van der Waals surface area contributed by atoms with E-state index in [2.05, 4.69) is 30.6 Å². The lowest BCUT2D eigenvalue weighted by Gasteiger charge is -2.10. The summed E-state index contributed by atoms with van der Waals surface area (Å²) in [5.74, 6) is -0.879. The van der Waals surface area contributed by atoms with E-state index in [-0.39, 0.29) is 17.3 Å². The van der Waals surface area contributed by atoms with Crippen LogP contribution in [0, 0.1) is 20.8 Å². The lowest BCUT2D eigenvalue weighted by atomic mass is 10.1. The smallest absolute Gasteiger partial charge is 0.317 e. The quantitative estimate of drug-likeness (QED) is 0.343. The van der Waals surface area contributed by atoms with E-state index in [1.807, 2.05) is 38.1 Å². The van der Waals surface area contributed by atoms with Gasteiger partial charge in [-0.1, -0.05) is 29.8 Å². The first-order valence-electron chi connectivity index (χ1n) is 11.9. The van der Waals surface area contributed by atoms with Gasteiger partial charge in [-0.15, -0.1) is 0 Å². The molecule has 5 rings (SSSR count). The second-order valence-electron chi connectivity index (χ2n) is 9.13. The molecular formula is C26H24F3N9O. The molecule has 0 unspecified atom stereocenters. The topological polar surface area (TPSA) is 108 Å². The Morgan fingerprint density at radius 3 is 2.44 bits per heavy atom. The second-order valence-corrected chi connectivity index (χ2v) is 9.13. The molecule has 0 spiro atoms. The van der Waals surface area contributed by atoms with Gasteiger partial charge in [0.25, 0.3) is 11.9 Å². The summed E-state index contributed by atoms with van der Waals surface area (Å²) in [6.45, 7) is 6.17. The third-order valence-electron chi connectivity index (χ3n) is 6.11. The molecule has 10 nitrogen and oxygen atoms in total. The first-order chi connectivity index (χ1) is 18.5. The van der Waals surface area contributed by atoms with Crippen LogP contribution in [0.4, 0.5) is 18.9 Å². The van der Waals surface area contributed by atoms with Crippen molar-refractivity contribution in [2.24, 2.45) is 7.05 Å². The standard InChI is InChI=1S/C26H24F3N9O/c1-15-5-7-18(8-6-15)13-38-17(3)23(16(2)34-38)33-24(39)20-9-10-37(35-20)25-31-21(19-12-30-36(4)14-19)11-22(32-25)26(27,28)29/h5-12,14H,13H2,1-4H3,(H,33,39). The second kappa shape index (κ2) is 9.82. The van der Waals surface area contributed by atoms with Gasteiger partial charge in [-0.05, 0) is 38.5 Å². The Morgan fingerprint density at radius 2 is 1.77 bits per heavy atom. The number of hydrogen-bond donors (Lipinski definition) is 1. The third-order valence-corrected chi connectivity index (χ3v) is 6.11. The van der Waals surface area contributed by atoms with E-state index in [0.29, 0.717) is 23.5 Å². The maximum Gasteiger partial charge on any atom is 0.433 e. The van der Waals surface area contributed by atoms with Gasteiger partial charge in [0, 0.05) is 25.0 Å². The number of aromatic nitrogens is 8. The van der Waals surface area contributed by atoms with E-state index in [1.165, 1.54) is 29.3 Å². The summed E-state index contributed by atoms with van der Waals surface area (Å²) >= 11 is 0. The minimum absolute atomic E-state index is 0.0224. The van der Waals surface area contributed by atoms with Crippen molar-refractivity contribution >= 4 is 11.6 Å². The maximum atomic E-state index is 13.6. The monoisotopic (exact) mass is 535 g/mol. The Hall–Kier alpha value is -4.81. The molecule has 0 radical (unpaired) electrons. The molecule has 13 heteroatoms. The Kier molecular flexibility index (Phi) is 6.50. The molecule has 0 fully saturated rings. The molecule has 39 heavy (non-hydrogen) atoms. The van der Waals surface area contributed by atoms with E-state index >= 15 is 0 Å². The van der Waals surface area contributed by atoms with Crippen molar-refractivity contribution < 1.29 is 18.0 Å². The Balaban J connectivity index is 1.40. The number of nitrogens with zero attached hydrogens (tertiary/aromatic N) is 8. The first kappa shape index (κ1) is 25.8. The van der Waals surface area contributed by atoms with Crippen molar-refractivity contribution in [3.05, 3.63) is 88.9 Å². The Bertz CT molecular complexity index is 1660. The highest BCUT2D eigenvalue weighted by atomic mass is 19.4. The van der Waals surface area contributed by atoms with Crippen molar-refractivity contribution in [1.82, 2.24) is 39.3 Å². The van der Waals surface area contributed by atoms with Crippen LogP contribution in [-0.2, 0) is 19.8 Å². The van der Waals surface area contributed by atoms with Gasteiger partial charge >= 0.3 is 6.18 Å². The number of hydrogen-bond acceptors (Lipinski definition) is 6. The number of aryl methyl sites for hydroxylation is 3. The van der Waals surface area contributed by atoms with Gasteiger partial charge < -0.3 is 5.32 Å². The van der Waals surface area contributed by atoms with Crippen molar-refractivity contribution in [3.8, 4) is 17.2 Å². The fraction of sp³-hybridized carbons (Fsp3) is 0.231. The fourth-order valence-corrected chi connectivity index (χ4v) is 4.02. The molecule has 1 N–H and O–H groups in total. The van der Waals surface area contributed by atoms with Crippen molar-refractivity contribution in [1.29, 1.82) is 0 Å². The molecular weight excluding hydrogens is 511 g/mol. The number of rotatable bonds is 6. The molecule has 4 aromatic heterocycles. The molecule has 0 bridgehead atoms. The molecule has 1 aromatic carbocycles. The summed E-state index contributed by atoms with van der Waals surface area (Å²) < 4.78 is 45.0. The van der Waals surface area contributed by atoms with E-state index in [0.717, 1.165) is 27.6 Å². The number of anilines is 1. The number of carbonyl (C=O) groups excluding carboxylic acids is 1. The van der Waals surface area contributed by atoms with Crippen molar-refractivity contribution in [2.75, 3.05) is 5.32 Å². The van der Waals surface area contributed by atoms with Crippen molar-refractivity contribution in [3.63, 3.8) is 0 Å². The lowest BCUT2D eigenvalue weighted by Crippen LogP contribution is -2.16. The number of alkyl halides is 3. The SMILES string of the molecule is Cc1ccc(Cn2nc(C)c(NC(=O)c3ccn(-c4nc(-c5cnn(C)c5)cc(C(F)(F)F)n4)n3)c2C)cc1. The number of amides is 1. The molecule has 0 saturated heterocycles. The molecule has 0 aliphatic carbocycles. The maximum absolute atomic E-state index is 13.6. The van der Waals surface area contributed by atoms with Crippen LogP contribution >= 0.6 is 0 Å². The number of halogens is 3. The number of benzene rings is 1. The highest BCUT2D eigenvalue weighted by Crippen LogP contribution is 2.31. The molecule has 200 valence electrons. The lowest BCUT2D eigenvalue weighted by molar-refractivity contribution is -0.141.